The number of rotatable bonds is 10. The Balaban J connectivity index is 0.00000247. The first kappa shape index (κ1) is 53.1. The zero-order valence-corrected chi connectivity index (χ0v) is 46.2. The van der Waals surface area contributed by atoms with Crippen LogP contribution in [0.15, 0.2) is 239 Å². The van der Waals surface area contributed by atoms with Crippen molar-refractivity contribution in [3.05, 3.63) is 256 Å². The molecule has 0 aliphatic heterocycles. The van der Waals surface area contributed by atoms with E-state index < -0.39 is 8.07 Å². The molecule has 0 bridgehead atoms. The maximum atomic E-state index is 2.66. The van der Waals surface area contributed by atoms with E-state index in [2.05, 4.69) is 287 Å². The van der Waals surface area contributed by atoms with E-state index in [0.29, 0.717) is 0 Å². The topological polar surface area (TPSA) is 0 Å². The Morgan fingerprint density at radius 3 is 0.718 bits per heavy atom. The Bertz CT molecular complexity index is 3040. The zero-order chi connectivity index (χ0) is 47.2. The van der Waals surface area contributed by atoms with Crippen molar-refractivity contribution < 1.29 is 57.7 Å². The van der Waals surface area contributed by atoms with Crippen LogP contribution >= 0.6 is 0 Å². The van der Waals surface area contributed by atoms with E-state index in [1.165, 1.54) is 120 Å². The molecule has 5 heteroatoms. The quantitative estimate of drug-likeness (QED) is 0.102. The van der Waals surface area contributed by atoms with Gasteiger partial charge in [0.15, 0.2) is 0 Å². The maximum Gasteiger partial charge on any atom is -1.00 e. The second-order valence-electron chi connectivity index (χ2n) is 19.0. The van der Waals surface area contributed by atoms with Crippen molar-refractivity contribution in [2.75, 3.05) is 0 Å². The number of benzene rings is 9. The Hall–Kier alpha value is -5.74. The van der Waals surface area contributed by atoms with Crippen LogP contribution in [0.25, 0.3) is 66.8 Å². The fourth-order valence-electron chi connectivity index (χ4n) is 11.6. The molecule has 1 unspecified atom stereocenters. The van der Waals surface area contributed by atoms with Crippen LogP contribution in [0.4, 0.5) is 0 Å². The van der Waals surface area contributed by atoms with Crippen molar-refractivity contribution in [3.8, 4) is 66.8 Å². The standard InChI is InChI=1S/C66H57Si.3ClH.Ti/c1-45-38-57(51-26-14-8-15-27-51)60(54-32-20-11-21-33-54)41-63(45)67(66(7)44-48(4)49(5)50(66)6,64-42-61(55-34-22-12-23-35-55)58(39-46(64)2)52-28-16-9-17-29-52)65-43-62(56-36-24-13-25-37-56)59(40-47(65)3)53-30-18-10-19-31-53;;;;/h8-43H,1-7H3;3*1H;/q;;;;+3/p-3. The third kappa shape index (κ3) is 9.12. The Labute approximate surface area is 453 Å². The molecule has 0 amide bonds. The van der Waals surface area contributed by atoms with Gasteiger partial charge in [-0.2, -0.15) is 0 Å². The zero-order valence-electron chi connectivity index (χ0n) is 41.4. The molecule has 0 radical (unpaired) electrons. The Morgan fingerprint density at radius 1 is 0.310 bits per heavy atom. The average Bonchev–Trinajstić information content (AvgIpc) is 3.54. The third-order valence-corrected chi connectivity index (χ3v) is 23.2. The van der Waals surface area contributed by atoms with E-state index in [1.54, 1.807) is 0 Å². The first-order valence-electron chi connectivity index (χ1n) is 23.9. The second-order valence-corrected chi connectivity index (χ2v) is 23.9. The number of allylic oxidation sites excluding steroid dienone is 4. The molecule has 0 fully saturated rings. The molecular formula is C66H57Cl3SiTi. The van der Waals surface area contributed by atoms with Crippen LogP contribution in [-0.4, -0.2) is 8.07 Å². The van der Waals surface area contributed by atoms with E-state index in [-0.39, 0.29) is 42.3 Å². The molecule has 71 heavy (non-hydrogen) atoms. The minimum Gasteiger partial charge on any atom is -1.00 e. The second kappa shape index (κ2) is 21.9. The molecule has 0 nitrogen and oxygen atoms in total. The molecule has 1 atom stereocenters. The monoisotopic (exact) mass is 1030 g/mol. The number of hydrogen-bond acceptors (Lipinski definition) is 0. The van der Waals surface area contributed by atoms with Crippen molar-refractivity contribution in [2.45, 2.75) is 53.5 Å². The van der Waals surface area contributed by atoms with E-state index in [4.69, 9.17) is 0 Å². The van der Waals surface area contributed by atoms with Gasteiger partial charge >= 0.3 is 420 Å². The van der Waals surface area contributed by atoms with Crippen LogP contribution in [-0.2, 0) is 20.4 Å². The number of aryl methyl sites for hydroxylation is 3. The summed E-state index contributed by atoms with van der Waals surface area (Å²) in [5.74, 6) is 0. The fraction of sp³-hybridized carbons (Fsp3) is 0.121. The van der Waals surface area contributed by atoms with Crippen LogP contribution in [0.1, 0.15) is 44.4 Å². The van der Waals surface area contributed by atoms with Gasteiger partial charge in [-0.05, 0) is 0 Å². The van der Waals surface area contributed by atoms with Crippen molar-refractivity contribution in [1.29, 1.82) is 0 Å². The number of halogens is 3. The summed E-state index contributed by atoms with van der Waals surface area (Å²) >= 11 is 2.46. The first-order chi connectivity index (χ1) is 33.0. The molecule has 0 saturated carbocycles. The molecule has 0 aromatic heterocycles. The summed E-state index contributed by atoms with van der Waals surface area (Å²) in [6.45, 7) is 17.1. The summed E-state index contributed by atoms with van der Waals surface area (Å²) in [5.41, 5.74) is 23.1. The average molecular weight is 1030 g/mol. The van der Waals surface area contributed by atoms with Crippen molar-refractivity contribution in [3.63, 3.8) is 0 Å². The number of hydrogen-bond donors (Lipinski definition) is 0. The minimum atomic E-state index is -3.44. The molecule has 9 aromatic carbocycles. The molecule has 350 valence electrons. The normalized spacial score (nSPS) is 14.4. The SMILES string of the molecule is CC1=C(C)C(C)([Si](c2cc(-c3ccccc3)c(-c3ccccc3)cc2C)(c2cc(-c3ccccc3)c(-c3ccccc3)cc2C)c2cc(-c3ccccc3)c(-c3ccccc3)cc2C)[C]([Ti+3])=C1C.[Cl-].[Cl-].[Cl-]. The summed E-state index contributed by atoms with van der Waals surface area (Å²) in [4.78, 5) is 0. The Morgan fingerprint density at radius 2 is 0.521 bits per heavy atom. The van der Waals surface area contributed by atoms with Crippen molar-refractivity contribution in [2.24, 2.45) is 0 Å². The first-order valence-corrected chi connectivity index (χ1v) is 26.7. The minimum absolute atomic E-state index is 0. The van der Waals surface area contributed by atoms with E-state index in [9.17, 15) is 0 Å². The van der Waals surface area contributed by atoms with E-state index in [1.807, 2.05) is 0 Å². The molecular weight excluding hydrogens is 975 g/mol. The molecule has 0 heterocycles. The van der Waals surface area contributed by atoms with Gasteiger partial charge in [-0.15, -0.1) is 0 Å². The van der Waals surface area contributed by atoms with Gasteiger partial charge in [0.1, 0.15) is 0 Å². The fourth-order valence-corrected chi connectivity index (χ4v) is 19.9. The maximum absolute atomic E-state index is 3.44. The van der Waals surface area contributed by atoms with Gasteiger partial charge in [0.25, 0.3) is 0 Å². The van der Waals surface area contributed by atoms with E-state index in [0.717, 1.165) is 0 Å². The van der Waals surface area contributed by atoms with Crippen LogP contribution in [0.5, 0.6) is 0 Å². The van der Waals surface area contributed by atoms with Gasteiger partial charge in [0.05, 0.1) is 0 Å². The molecule has 1 aliphatic carbocycles. The van der Waals surface area contributed by atoms with Gasteiger partial charge in [0.2, 0.25) is 0 Å². The third-order valence-electron chi connectivity index (χ3n) is 15.3. The predicted molar refractivity (Wildman–Crippen MR) is 290 cm³/mol. The molecule has 10 rings (SSSR count). The van der Waals surface area contributed by atoms with Gasteiger partial charge in [-0.3, -0.25) is 0 Å². The predicted octanol–water partition coefficient (Wildman–Crippen LogP) is 7.03. The summed E-state index contributed by atoms with van der Waals surface area (Å²) in [5, 5.41) is 3.96. The molecule has 0 saturated heterocycles. The van der Waals surface area contributed by atoms with Gasteiger partial charge in [-0.25, -0.2) is 0 Å². The summed E-state index contributed by atoms with van der Waals surface area (Å²) in [6.07, 6.45) is 0. The Kier molecular flexibility index (Phi) is 16.4. The van der Waals surface area contributed by atoms with E-state index >= 15 is 0 Å². The van der Waals surface area contributed by atoms with Gasteiger partial charge in [-0.1, -0.05) is 0 Å². The summed E-state index contributed by atoms with van der Waals surface area (Å²) < 4.78 is 1.47. The van der Waals surface area contributed by atoms with Crippen LogP contribution < -0.4 is 52.8 Å². The van der Waals surface area contributed by atoms with Gasteiger partial charge in [0, 0.05) is 0 Å². The largest absolute Gasteiger partial charge is 1.00 e. The molecule has 1 aliphatic rings. The summed E-state index contributed by atoms with van der Waals surface area (Å²) in [6, 6.07) is 82.0. The van der Waals surface area contributed by atoms with Crippen LogP contribution in [0, 0.1) is 20.8 Å². The van der Waals surface area contributed by atoms with Gasteiger partial charge < -0.3 is 37.2 Å². The van der Waals surface area contributed by atoms with Crippen LogP contribution in [0.2, 0.25) is 5.04 Å². The smallest absolute Gasteiger partial charge is 1.00 e. The van der Waals surface area contributed by atoms with Crippen LogP contribution in [0.3, 0.4) is 0 Å². The summed E-state index contributed by atoms with van der Waals surface area (Å²) in [7, 11) is -3.44. The van der Waals surface area contributed by atoms with Crippen molar-refractivity contribution >= 4 is 23.6 Å². The molecule has 9 aromatic rings. The molecule has 0 spiro atoms. The van der Waals surface area contributed by atoms with Crippen molar-refractivity contribution in [1.82, 2.24) is 0 Å². The molecule has 0 N–H and O–H groups in total.